The van der Waals surface area contributed by atoms with Crippen LogP contribution in [0.4, 0.5) is 5.69 Å². The van der Waals surface area contributed by atoms with Crippen molar-refractivity contribution in [1.29, 1.82) is 0 Å². The number of amides is 1. The Morgan fingerprint density at radius 1 is 1.13 bits per heavy atom. The highest BCUT2D eigenvalue weighted by molar-refractivity contribution is 7.71. The molecule has 0 aliphatic carbocycles. The van der Waals surface area contributed by atoms with Crippen molar-refractivity contribution in [2.45, 2.75) is 40.4 Å². The molecule has 31 heavy (non-hydrogen) atoms. The van der Waals surface area contributed by atoms with Crippen molar-refractivity contribution >= 4 is 23.8 Å². The fraction of sp³-hybridized carbons (Fsp3) is 0.591. The summed E-state index contributed by atoms with van der Waals surface area (Å²) in [6.45, 7) is 14.6. The summed E-state index contributed by atoms with van der Waals surface area (Å²) in [5.74, 6) is 0.624. The van der Waals surface area contributed by atoms with Crippen LogP contribution < -0.4 is 10.2 Å². The van der Waals surface area contributed by atoms with Crippen molar-refractivity contribution in [2.24, 2.45) is 0 Å². The Labute approximate surface area is 189 Å². The van der Waals surface area contributed by atoms with Gasteiger partial charge >= 0.3 is 0 Å². The molecule has 0 radical (unpaired) electrons. The largest absolute Gasteiger partial charge is 0.409 e. The molecule has 8 nitrogen and oxygen atoms in total. The molecule has 170 valence electrons. The van der Waals surface area contributed by atoms with Crippen LogP contribution in [0, 0.1) is 4.84 Å². The first-order valence-electron chi connectivity index (χ1n) is 11.1. The zero-order valence-electron chi connectivity index (χ0n) is 19.0. The smallest absolute Gasteiger partial charge is 0.288 e. The van der Waals surface area contributed by atoms with E-state index in [1.54, 1.807) is 4.68 Å². The molecule has 2 aromatic rings. The summed E-state index contributed by atoms with van der Waals surface area (Å²) in [5.41, 5.74) is 2.11. The fourth-order valence-corrected chi connectivity index (χ4v) is 3.94. The second-order valence-electron chi connectivity index (χ2n) is 8.15. The van der Waals surface area contributed by atoms with Crippen molar-refractivity contribution in [1.82, 2.24) is 24.9 Å². The Bertz CT molecular complexity index is 895. The Morgan fingerprint density at radius 3 is 2.32 bits per heavy atom. The van der Waals surface area contributed by atoms with Gasteiger partial charge < -0.3 is 14.6 Å². The van der Waals surface area contributed by atoms with Crippen molar-refractivity contribution < 1.29 is 9.21 Å². The molecule has 0 spiro atoms. The highest BCUT2D eigenvalue weighted by Crippen LogP contribution is 2.22. The van der Waals surface area contributed by atoms with Crippen molar-refractivity contribution in [3.05, 3.63) is 29.1 Å². The van der Waals surface area contributed by atoms with Crippen LogP contribution in [0.2, 0.25) is 0 Å². The maximum atomic E-state index is 12.0. The number of hydrogen-bond donors (Lipinski definition) is 1. The summed E-state index contributed by atoms with van der Waals surface area (Å²) in [7, 11) is 0. The van der Waals surface area contributed by atoms with Gasteiger partial charge in [-0.15, -0.1) is 5.10 Å². The first-order valence-corrected chi connectivity index (χ1v) is 11.5. The Balaban J connectivity index is 1.56. The summed E-state index contributed by atoms with van der Waals surface area (Å²) in [6.07, 6.45) is 0. The van der Waals surface area contributed by atoms with Crippen LogP contribution in [0.5, 0.6) is 0 Å². The summed E-state index contributed by atoms with van der Waals surface area (Å²) < 4.78 is 7.51. The summed E-state index contributed by atoms with van der Waals surface area (Å²) in [4.78, 5) is 19.1. The molecule has 0 unspecified atom stereocenters. The molecule has 1 aliphatic heterocycles. The minimum Gasteiger partial charge on any atom is -0.409 e. The van der Waals surface area contributed by atoms with Crippen molar-refractivity contribution in [3.63, 3.8) is 0 Å². The van der Waals surface area contributed by atoms with E-state index in [1.807, 2.05) is 26.0 Å². The predicted molar refractivity (Wildman–Crippen MR) is 126 cm³/mol. The van der Waals surface area contributed by atoms with E-state index < -0.39 is 0 Å². The average Bonchev–Trinajstić information content (AvgIpc) is 3.10. The Morgan fingerprint density at radius 2 is 1.74 bits per heavy atom. The van der Waals surface area contributed by atoms with Gasteiger partial charge in [0.2, 0.25) is 11.8 Å². The van der Waals surface area contributed by atoms with Gasteiger partial charge in [0.15, 0.2) is 0 Å². The second kappa shape index (κ2) is 10.9. The second-order valence-corrected chi connectivity index (χ2v) is 8.50. The number of hydrogen-bond acceptors (Lipinski definition) is 7. The third kappa shape index (κ3) is 6.38. The number of rotatable bonds is 9. The van der Waals surface area contributed by atoms with E-state index in [4.69, 9.17) is 16.6 Å². The lowest BCUT2D eigenvalue weighted by Crippen LogP contribution is -2.50. The van der Waals surface area contributed by atoms with Gasteiger partial charge in [-0.25, -0.2) is 4.68 Å². The molecule has 1 aromatic carbocycles. The van der Waals surface area contributed by atoms with Gasteiger partial charge in [-0.05, 0) is 64.2 Å². The number of nitrogens with zero attached hydrogens (tertiary/aromatic N) is 5. The summed E-state index contributed by atoms with van der Waals surface area (Å²) in [6, 6.07) is 8.41. The third-order valence-corrected chi connectivity index (χ3v) is 5.76. The number of aromatic nitrogens is 2. The van der Waals surface area contributed by atoms with Crippen LogP contribution in [-0.2, 0) is 11.5 Å². The van der Waals surface area contributed by atoms with Gasteiger partial charge in [0, 0.05) is 56.6 Å². The number of piperazine rings is 1. The van der Waals surface area contributed by atoms with Gasteiger partial charge in [0.25, 0.3) is 4.84 Å². The molecule has 1 fully saturated rings. The van der Waals surface area contributed by atoms with Crippen LogP contribution in [-0.4, -0.2) is 77.3 Å². The summed E-state index contributed by atoms with van der Waals surface area (Å²) in [5, 5.41) is 7.55. The highest BCUT2D eigenvalue weighted by Gasteiger charge is 2.20. The van der Waals surface area contributed by atoms with Crippen LogP contribution in [0.1, 0.15) is 27.7 Å². The van der Waals surface area contributed by atoms with E-state index in [-0.39, 0.29) is 11.9 Å². The number of carbonyl (C=O) groups excluding carboxylic acids is 1. The molecule has 0 bridgehead atoms. The number of carbonyl (C=O) groups is 1. The molecule has 9 heteroatoms. The zero-order valence-corrected chi connectivity index (χ0v) is 19.8. The zero-order chi connectivity index (χ0) is 22.4. The van der Waals surface area contributed by atoms with Gasteiger partial charge in [-0.2, -0.15) is 0 Å². The van der Waals surface area contributed by atoms with Gasteiger partial charge in [0.05, 0.1) is 13.2 Å². The van der Waals surface area contributed by atoms with Gasteiger partial charge in [-0.1, -0.05) is 0 Å². The van der Waals surface area contributed by atoms with Crippen LogP contribution >= 0.6 is 12.2 Å². The molecule has 1 N–H and O–H groups in total. The van der Waals surface area contributed by atoms with Gasteiger partial charge in [-0.3, -0.25) is 14.6 Å². The molecule has 0 saturated carbocycles. The molecule has 1 amide bonds. The lowest BCUT2D eigenvalue weighted by molar-refractivity contribution is -0.123. The quantitative estimate of drug-likeness (QED) is 0.594. The Kier molecular flexibility index (Phi) is 8.22. The van der Waals surface area contributed by atoms with Gasteiger partial charge in [0.1, 0.15) is 0 Å². The summed E-state index contributed by atoms with van der Waals surface area (Å²) >= 11 is 5.40. The van der Waals surface area contributed by atoms with Crippen molar-refractivity contribution in [3.8, 4) is 11.5 Å². The topological polar surface area (TPSA) is 69.8 Å². The molecular formula is C22H34N6O2S. The van der Waals surface area contributed by atoms with Crippen LogP contribution in [0.25, 0.3) is 11.5 Å². The van der Waals surface area contributed by atoms with E-state index in [9.17, 15) is 4.79 Å². The molecule has 0 atom stereocenters. The lowest BCUT2D eigenvalue weighted by atomic mass is 10.2. The minimum atomic E-state index is 0.0822. The Hall–Kier alpha value is -2.23. The first-order chi connectivity index (χ1) is 14.9. The molecule has 2 heterocycles. The molecule has 1 aromatic heterocycles. The standard InChI is InChI=1S/C22H34N6O2S/c1-5-27(6-2)19-9-7-18(8-10-19)21-24-28(22(31)30-21)16-26-13-11-25(12-14-26)15-20(29)23-17(3)4/h7-10,17H,5-6,11-16H2,1-4H3,(H,23,29). The minimum absolute atomic E-state index is 0.0822. The van der Waals surface area contributed by atoms with Crippen molar-refractivity contribution in [2.75, 3.05) is 50.7 Å². The lowest BCUT2D eigenvalue weighted by Gasteiger charge is -2.33. The van der Waals surface area contributed by atoms with E-state index in [0.29, 0.717) is 23.9 Å². The molecule has 1 aliphatic rings. The molecule has 1 saturated heterocycles. The predicted octanol–water partition coefficient (Wildman–Crippen LogP) is 2.82. The number of nitrogens with one attached hydrogen (secondary N) is 1. The molecule has 3 rings (SSSR count). The number of benzene rings is 1. The van der Waals surface area contributed by atoms with Crippen LogP contribution in [0.3, 0.4) is 0 Å². The maximum absolute atomic E-state index is 12.0. The number of anilines is 1. The van der Waals surface area contributed by atoms with E-state index in [0.717, 1.165) is 44.8 Å². The first kappa shape index (κ1) is 23.4. The van der Waals surface area contributed by atoms with E-state index in [2.05, 4.69) is 51.1 Å². The maximum Gasteiger partial charge on any atom is 0.288 e. The normalized spacial score (nSPS) is 15.4. The fourth-order valence-electron chi connectivity index (χ4n) is 3.76. The van der Waals surface area contributed by atoms with E-state index in [1.165, 1.54) is 5.69 Å². The SMILES string of the molecule is CCN(CC)c1ccc(-c2nn(CN3CCN(CC(=O)NC(C)C)CC3)c(=S)o2)cc1. The third-order valence-electron chi connectivity index (χ3n) is 5.46. The van der Waals surface area contributed by atoms with Crippen LogP contribution in [0.15, 0.2) is 28.7 Å². The molecular weight excluding hydrogens is 412 g/mol. The average molecular weight is 447 g/mol. The highest BCUT2D eigenvalue weighted by atomic mass is 32.1. The van der Waals surface area contributed by atoms with E-state index >= 15 is 0 Å². The monoisotopic (exact) mass is 446 g/mol.